The maximum absolute atomic E-state index is 12.0. The minimum Gasteiger partial charge on any atom is -0.383 e. The summed E-state index contributed by atoms with van der Waals surface area (Å²) < 4.78 is 5.20. The largest absolute Gasteiger partial charge is 0.383 e. The minimum absolute atomic E-state index is 0.0119. The molecule has 2 aromatic heterocycles. The highest BCUT2D eigenvalue weighted by molar-refractivity contribution is 5.97. The van der Waals surface area contributed by atoms with Gasteiger partial charge >= 0.3 is 0 Å². The number of nitrogens with zero attached hydrogens (tertiary/aromatic N) is 2. The summed E-state index contributed by atoms with van der Waals surface area (Å²) in [4.78, 5) is 22.1. The lowest BCUT2D eigenvalue weighted by Crippen LogP contribution is -2.31. The number of ether oxygens (including phenoxy) is 1. The summed E-state index contributed by atoms with van der Waals surface area (Å²) in [6, 6.07) is 14.2. The lowest BCUT2D eigenvalue weighted by molar-refractivity contribution is 0.0946. The van der Waals surface area contributed by atoms with Crippen molar-refractivity contribution in [2.24, 2.45) is 0 Å². The molecule has 0 saturated carbocycles. The third kappa shape index (κ3) is 4.28. The Kier molecular flexibility index (Phi) is 5.95. The molecule has 0 radical (unpaired) electrons. The summed E-state index contributed by atoms with van der Waals surface area (Å²) in [5.41, 5.74) is 6.80. The Labute approximate surface area is 176 Å². The third-order valence-corrected chi connectivity index (χ3v) is 5.31. The van der Waals surface area contributed by atoms with Crippen LogP contribution >= 0.6 is 0 Å². The molecule has 154 valence electrons. The summed E-state index contributed by atoms with van der Waals surface area (Å²) in [6.07, 6.45) is 6.72. The highest BCUT2D eigenvalue weighted by atomic mass is 16.5. The number of amides is 1. The zero-order chi connectivity index (χ0) is 20.9. The fourth-order valence-corrected chi connectivity index (χ4v) is 3.66. The molecule has 30 heavy (non-hydrogen) atoms. The van der Waals surface area contributed by atoms with E-state index in [0.29, 0.717) is 13.2 Å². The predicted molar refractivity (Wildman–Crippen MR) is 121 cm³/mol. The number of hydrogen-bond acceptors (Lipinski definition) is 4. The number of benzene rings is 1. The van der Waals surface area contributed by atoms with Crippen LogP contribution in [0.25, 0.3) is 23.4 Å². The van der Waals surface area contributed by atoms with Crippen LogP contribution in [0, 0.1) is 0 Å². The highest BCUT2D eigenvalue weighted by Crippen LogP contribution is 2.25. The summed E-state index contributed by atoms with van der Waals surface area (Å²) in [6.45, 7) is 2.17. The number of pyridine rings is 1. The third-order valence-electron chi connectivity index (χ3n) is 5.31. The monoisotopic (exact) mass is 402 g/mol. The van der Waals surface area contributed by atoms with Crippen molar-refractivity contribution in [3.8, 4) is 11.3 Å². The fourth-order valence-electron chi connectivity index (χ4n) is 3.66. The summed E-state index contributed by atoms with van der Waals surface area (Å²) in [5.74, 6) is -0.0119. The lowest BCUT2D eigenvalue weighted by Gasteiger charge is -2.21. The molecule has 3 heterocycles. The van der Waals surface area contributed by atoms with E-state index in [1.165, 1.54) is 0 Å². The molecular weight excluding hydrogens is 376 g/mol. The smallest absolute Gasteiger partial charge is 0.253 e. The molecule has 1 amide bonds. The Morgan fingerprint density at radius 1 is 1.20 bits per heavy atom. The van der Waals surface area contributed by atoms with Gasteiger partial charge in [0.2, 0.25) is 0 Å². The van der Waals surface area contributed by atoms with Crippen molar-refractivity contribution in [3.05, 3.63) is 71.2 Å². The zero-order valence-corrected chi connectivity index (χ0v) is 17.3. The number of likely N-dealkylation sites (N-methyl/N-ethyl adjacent to an activating group) is 1. The van der Waals surface area contributed by atoms with Gasteiger partial charge in [0, 0.05) is 62.5 Å². The summed E-state index contributed by atoms with van der Waals surface area (Å²) >= 11 is 0. The molecule has 1 aliphatic heterocycles. The number of carbonyl (C=O) groups is 1. The number of carbonyl (C=O) groups excluding carboxylic acids is 1. The molecule has 0 unspecified atom stereocenters. The van der Waals surface area contributed by atoms with E-state index in [4.69, 9.17) is 4.74 Å². The van der Waals surface area contributed by atoms with E-state index in [1.807, 2.05) is 36.4 Å². The van der Waals surface area contributed by atoms with Crippen LogP contribution in [0.4, 0.5) is 5.69 Å². The molecule has 4 rings (SSSR count). The van der Waals surface area contributed by atoms with Gasteiger partial charge in [-0.05, 0) is 35.9 Å². The molecule has 2 N–H and O–H groups in total. The van der Waals surface area contributed by atoms with Gasteiger partial charge in [-0.25, -0.2) is 0 Å². The second-order valence-corrected chi connectivity index (χ2v) is 7.36. The lowest BCUT2D eigenvalue weighted by atomic mass is 10.1. The van der Waals surface area contributed by atoms with Crippen LogP contribution in [0.3, 0.4) is 0 Å². The first kappa shape index (κ1) is 19.9. The van der Waals surface area contributed by atoms with Crippen LogP contribution in [-0.4, -0.2) is 49.7 Å². The quantitative estimate of drug-likeness (QED) is 0.633. The highest BCUT2D eigenvalue weighted by Gasteiger charge is 2.19. The van der Waals surface area contributed by atoms with Gasteiger partial charge in [0.05, 0.1) is 17.9 Å². The van der Waals surface area contributed by atoms with Crippen molar-refractivity contribution < 1.29 is 9.53 Å². The Morgan fingerprint density at radius 3 is 2.90 bits per heavy atom. The average Bonchev–Trinajstić information content (AvgIpc) is 3.22. The van der Waals surface area contributed by atoms with Crippen LogP contribution in [0.2, 0.25) is 0 Å². The molecule has 0 fully saturated rings. The second kappa shape index (κ2) is 8.97. The van der Waals surface area contributed by atoms with Gasteiger partial charge in [-0.15, -0.1) is 0 Å². The van der Waals surface area contributed by atoms with Gasteiger partial charge in [-0.1, -0.05) is 24.3 Å². The summed E-state index contributed by atoms with van der Waals surface area (Å²) in [5, 5.41) is 2.89. The molecule has 0 atom stereocenters. The number of aromatic amines is 1. The first-order valence-electron chi connectivity index (χ1n) is 10.1. The van der Waals surface area contributed by atoms with Crippen LogP contribution < -0.4 is 10.2 Å². The van der Waals surface area contributed by atoms with Crippen LogP contribution in [0.5, 0.6) is 0 Å². The number of nitrogens with one attached hydrogen (secondary N) is 2. The van der Waals surface area contributed by atoms with E-state index in [1.54, 1.807) is 13.3 Å². The SMILES string of the molecule is COCCN(C)c1ccccc1/C=C/c1cc(-c2cc3c([nH]2)CCNC3=O)ccn1. The molecule has 6 heteroatoms. The van der Waals surface area contributed by atoms with Crippen molar-refractivity contribution in [2.45, 2.75) is 6.42 Å². The van der Waals surface area contributed by atoms with Gasteiger partial charge in [-0.2, -0.15) is 0 Å². The van der Waals surface area contributed by atoms with Gasteiger partial charge in [0.25, 0.3) is 5.91 Å². The maximum Gasteiger partial charge on any atom is 0.253 e. The molecule has 0 saturated heterocycles. The zero-order valence-electron chi connectivity index (χ0n) is 17.3. The Morgan fingerprint density at radius 2 is 2.07 bits per heavy atom. The number of para-hydroxylation sites is 1. The normalized spacial score (nSPS) is 13.3. The first-order chi connectivity index (χ1) is 14.7. The van der Waals surface area contributed by atoms with Crippen molar-refractivity contribution in [3.63, 3.8) is 0 Å². The molecule has 1 aromatic carbocycles. The molecule has 1 aliphatic rings. The van der Waals surface area contributed by atoms with E-state index in [-0.39, 0.29) is 5.91 Å². The molecule has 6 nitrogen and oxygen atoms in total. The van der Waals surface area contributed by atoms with E-state index in [2.05, 4.69) is 45.4 Å². The number of aromatic nitrogens is 2. The molecule has 0 bridgehead atoms. The van der Waals surface area contributed by atoms with Crippen LogP contribution in [0.1, 0.15) is 27.3 Å². The number of fused-ring (bicyclic) bond motifs is 1. The van der Waals surface area contributed by atoms with E-state index in [9.17, 15) is 4.79 Å². The van der Waals surface area contributed by atoms with E-state index < -0.39 is 0 Å². The number of rotatable bonds is 7. The van der Waals surface area contributed by atoms with Crippen molar-refractivity contribution in [2.75, 3.05) is 38.8 Å². The Balaban J connectivity index is 1.57. The summed E-state index contributed by atoms with van der Waals surface area (Å²) in [7, 11) is 3.78. The molecule has 0 spiro atoms. The van der Waals surface area contributed by atoms with E-state index in [0.717, 1.165) is 52.4 Å². The Bertz CT molecular complexity index is 1070. The van der Waals surface area contributed by atoms with Gasteiger partial charge < -0.3 is 19.9 Å². The van der Waals surface area contributed by atoms with Crippen LogP contribution in [0.15, 0.2) is 48.7 Å². The van der Waals surface area contributed by atoms with E-state index >= 15 is 0 Å². The van der Waals surface area contributed by atoms with Gasteiger partial charge in [0.15, 0.2) is 0 Å². The number of hydrogen-bond donors (Lipinski definition) is 2. The molecule has 3 aromatic rings. The van der Waals surface area contributed by atoms with Gasteiger partial charge in [-0.3, -0.25) is 9.78 Å². The minimum atomic E-state index is -0.0119. The number of methoxy groups -OCH3 is 1. The molecule has 0 aliphatic carbocycles. The number of H-pyrrole nitrogens is 1. The van der Waals surface area contributed by atoms with Crippen LogP contribution in [-0.2, 0) is 11.2 Å². The molecular formula is C24H26N4O2. The standard InChI is InChI=1S/C24H26N4O2/c1-28(13-14-30-2)23-6-4-3-5-17(23)7-8-19-15-18(9-11-25-19)22-16-20-21(27-22)10-12-26-24(20)29/h3-9,11,15-16,27H,10,12-14H2,1-2H3,(H,26,29)/b8-7+. The van der Waals surface area contributed by atoms with Crippen molar-refractivity contribution in [1.29, 1.82) is 0 Å². The van der Waals surface area contributed by atoms with Crippen molar-refractivity contribution in [1.82, 2.24) is 15.3 Å². The average molecular weight is 402 g/mol. The predicted octanol–water partition coefficient (Wildman–Crippen LogP) is 3.62. The second-order valence-electron chi connectivity index (χ2n) is 7.36. The number of anilines is 1. The first-order valence-corrected chi connectivity index (χ1v) is 10.1. The van der Waals surface area contributed by atoms with Crippen molar-refractivity contribution >= 4 is 23.7 Å². The maximum atomic E-state index is 12.0. The fraction of sp³-hybridized carbons (Fsp3) is 0.250. The topological polar surface area (TPSA) is 70.2 Å². The van der Waals surface area contributed by atoms with Gasteiger partial charge in [0.1, 0.15) is 0 Å². The Hall–Kier alpha value is -3.38.